The molecule has 0 saturated carbocycles. The largest absolute Gasteiger partial charge is 0.493 e. The van der Waals surface area contributed by atoms with Gasteiger partial charge in [0.15, 0.2) is 11.5 Å². The highest BCUT2D eigenvalue weighted by molar-refractivity contribution is 5.39. The van der Waals surface area contributed by atoms with E-state index in [0.717, 1.165) is 31.0 Å². The zero-order valence-electron chi connectivity index (χ0n) is 9.69. The number of hydrogen-bond acceptors (Lipinski definition) is 3. The molecule has 4 heteroatoms. The molecular formula is C12H20NO3+. The van der Waals surface area contributed by atoms with Gasteiger partial charge in [-0.25, -0.2) is 0 Å². The highest BCUT2D eigenvalue weighted by atomic mass is 16.5. The van der Waals surface area contributed by atoms with Crippen LogP contribution in [0.3, 0.4) is 0 Å². The number of para-hydroxylation sites is 2. The standard InChI is InChI=1S/C12H19NO3/c1-15-11-5-2-3-6-12(11)16-10-4-7-13-8-9-14/h2-3,5-6,13-14H,4,7-10H2,1H3/p+1. The van der Waals surface area contributed by atoms with E-state index in [9.17, 15) is 0 Å². The normalized spacial score (nSPS) is 10.1. The Hall–Kier alpha value is -1.26. The number of ether oxygens (including phenoxy) is 2. The number of quaternary nitrogens is 1. The highest BCUT2D eigenvalue weighted by Crippen LogP contribution is 2.25. The number of benzene rings is 1. The van der Waals surface area contributed by atoms with Gasteiger partial charge in [0, 0.05) is 6.42 Å². The van der Waals surface area contributed by atoms with Crippen LogP contribution in [0.25, 0.3) is 0 Å². The Bertz CT molecular complexity index is 291. The van der Waals surface area contributed by atoms with Gasteiger partial charge < -0.3 is 19.9 Å². The summed E-state index contributed by atoms with van der Waals surface area (Å²) in [6.45, 7) is 2.63. The molecule has 1 aromatic rings. The van der Waals surface area contributed by atoms with Crippen LogP contribution in [0.1, 0.15) is 6.42 Å². The molecule has 0 aliphatic carbocycles. The molecule has 0 aliphatic heterocycles. The van der Waals surface area contributed by atoms with Crippen LogP contribution >= 0.6 is 0 Å². The number of nitrogens with two attached hydrogens (primary N) is 1. The Balaban J connectivity index is 2.21. The molecule has 1 rings (SSSR count). The molecule has 0 heterocycles. The Kier molecular flexibility index (Phi) is 6.37. The fourth-order valence-electron chi connectivity index (χ4n) is 1.38. The van der Waals surface area contributed by atoms with Gasteiger partial charge in [-0.15, -0.1) is 0 Å². The summed E-state index contributed by atoms with van der Waals surface area (Å²) < 4.78 is 10.8. The number of methoxy groups -OCH3 is 1. The van der Waals surface area contributed by atoms with Gasteiger partial charge in [-0.1, -0.05) is 12.1 Å². The molecule has 0 amide bonds. The lowest BCUT2D eigenvalue weighted by Crippen LogP contribution is -2.85. The summed E-state index contributed by atoms with van der Waals surface area (Å²) in [5.41, 5.74) is 0. The van der Waals surface area contributed by atoms with Crippen molar-refractivity contribution in [3.05, 3.63) is 24.3 Å². The van der Waals surface area contributed by atoms with Crippen LogP contribution in [0.2, 0.25) is 0 Å². The third kappa shape index (κ3) is 4.51. The topological polar surface area (TPSA) is 55.3 Å². The van der Waals surface area contributed by atoms with Crippen molar-refractivity contribution >= 4 is 0 Å². The SMILES string of the molecule is COc1ccccc1OCCC[NH2+]CCO. The molecule has 0 aromatic heterocycles. The smallest absolute Gasteiger partial charge is 0.161 e. The predicted octanol–water partition coefficient (Wildman–Crippen LogP) is 0.0198. The third-order valence-corrected chi connectivity index (χ3v) is 2.21. The third-order valence-electron chi connectivity index (χ3n) is 2.21. The van der Waals surface area contributed by atoms with Gasteiger partial charge >= 0.3 is 0 Å². The minimum absolute atomic E-state index is 0.230. The van der Waals surface area contributed by atoms with E-state index in [-0.39, 0.29) is 6.61 Å². The molecule has 0 radical (unpaired) electrons. The second-order valence-corrected chi connectivity index (χ2v) is 3.44. The van der Waals surface area contributed by atoms with Crippen molar-refractivity contribution in [2.75, 3.05) is 33.4 Å². The molecule has 0 fully saturated rings. The molecule has 0 saturated heterocycles. The fourth-order valence-corrected chi connectivity index (χ4v) is 1.38. The van der Waals surface area contributed by atoms with Crippen LogP contribution in [0.4, 0.5) is 0 Å². The number of rotatable bonds is 8. The highest BCUT2D eigenvalue weighted by Gasteiger charge is 2.01. The molecule has 4 nitrogen and oxygen atoms in total. The average Bonchev–Trinajstić information content (AvgIpc) is 2.34. The van der Waals surface area contributed by atoms with Gasteiger partial charge in [-0.05, 0) is 12.1 Å². The van der Waals surface area contributed by atoms with Gasteiger partial charge in [-0.2, -0.15) is 0 Å². The maximum atomic E-state index is 8.59. The molecule has 1 aromatic carbocycles. The first-order chi connectivity index (χ1) is 7.88. The van der Waals surface area contributed by atoms with Crippen LogP contribution in [0.15, 0.2) is 24.3 Å². The summed E-state index contributed by atoms with van der Waals surface area (Å²) in [4.78, 5) is 0. The monoisotopic (exact) mass is 226 g/mol. The van der Waals surface area contributed by atoms with Crippen LogP contribution in [-0.2, 0) is 0 Å². The zero-order chi connectivity index (χ0) is 11.6. The Morgan fingerprint density at radius 3 is 2.62 bits per heavy atom. The van der Waals surface area contributed by atoms with Crippen LogP contribution in [0.5, 0.6) is 11.5 Å². The van der Waals surface area contributed by atoms with E-state index in [0.29, 0.717) is 6.61 Å². The van der Waals surface area contributed by atoms with Gasteiger partial charge in [0.25, 0.3) is 0 Å². The van der Waals surface area contributed by atoms with E-state index in [2.05, 4.69) is 5.32 Å². The molecule has 0 aliphatic rings. The minimum atomic E-state index is 0.230. The van der Waals surface area contributed by atoms with Crippen molar-refractivity contribution in [2.24, 2.45) is 0 Å². The van der Waals surface area contributed by atoms with Gasteiger partial charge in [0.2, 0.25) is 0 Å². The van der Waals surface area contributed by atoms with E-state index >= 15 is 0 Å². The lowest BCUT2D eigenvalue weighted by molar-refractivity contribution is -0.656. The number of hydrogen-bond donors (Lipinski definition) is 2. The average molecular weight is 226 g/mol. The van der Waals surface area contributed by atoms with Crippen molar-refractivity contribution in [2.45, 2.75) is 6.42 Å². The fraction of sp³-hybridized carbons (Fsp3) is 0.500. The van der Waals surface area contributed by atoms with Crippen molar-refractivity contribution in [3.63, 3.8) is 0 Å². The second kappa shape index (κ2) is 7.96. The Labute approximate surface area is 96.2 Å². The summed E-state index contributed by atoms with van der Waals surface area (Å²) in [6.07, 6.45) is 0.956. The Morgan fingerprint density at radius 1 is 1.19 bits per heavy atom. The lowest BCUT2D eigenvalue weighted by Gasteiger charge is -2.09. The maximum absolute atomic E-state index is 8.59. The minimum Gasteiger partial charge on any atom is -0.493 e. The molecule has 0 bridgehead atoms. The lowest BCUT2D eigenvalue weighted by atomic mass is 10.3. The van der Waals surface area contributed by atoms with Crippen LogP contribution in [0, 0.1) is 0 Å². The quantitative estimate of drug-likeness (QED) is 0.614. The summed E-state index contributed by atoms with van der Waals surface area (Å²) in [6, 6.07) is 7.62. The number of aliphatic hydroxyl groups is 1. The van der Waals surface area contributed by atoms with E-state index < -0.39 is 0 Å². The number of aliphatic hydroxyl groups excluding tert-OH is 1. The van der Waals surface area contributed by atoms with Crippen molar-refractivity contribution in [1.82, 2.24) is 0 Å². The van der Waals surface area contributed by atoms with E-state index in [1.165, 1.54) is 0 Å². The molecule has 90 valence electrons. The Morgan fingerprint density at radius 2 is 1.94 bits per heavy atom. The van der Waals surface area contributed by atoms with E-state index in [4.69, 9.17) is 14.6 Å². The van der Waals surface area contributed by atoms with Crippen molar-refractivity contribution in [1.29, 1.82) is 0 Å². The van der Waals surface area contributed by atoms with E-state index in [1.54, 1.807) is 7.11 Å². The molecule has 0 unspecified atom stereocenters. The molecule has 3 N–H and O–H groups in total. The van der Waals surface area contributed by atoms with Gasteiger partial charge in [0.05, 0.1) is 33.4 Å². The van der Waals surface area contributed by atoms with Crippen LogP contribution < -0.4 is 14.8 Å². The predicted molar refractivity (Wildman–Crippen MR) is 61.9 cm³/mol. The maximum Gasteiger partial charge on any atom is 0.161 e. The van der Waals surface area contributed by atoms with E-state index in [1.807, 2.05) is 24.3 Å². The first-order valence-corrected chi connectivity index (χ1v) is 5.57. The molecule has 0 spiro atoms. The van der Waals surface area contributed by atoms with Crippen LogP contribution in [-0.4, -0.2) is 38.5 Å². The summed E-state index contributed by atoms with van der Waals surface area (Å²) in [5, 5.41) is 10.7. The zero-order valence-corrected chi connectivity index (χ0v) is 9.69. The first-order valence-electron chi connectivity index (χ1n) is 5.57. The van der Waals surface area contributed by atoms with Gasteiger partial charge in [-0.3, -0.25) is 0 Å². The second-order valence-electron chi connectivity index (χ2n) is 3.44. The van der Waals surface area contributed by atoms with Crippen molar-refractivity contribution < 1.29 is 19.9 Å². The van der Waals surface area contributed by atoms with Gasteiger partial charge in [0.1, 0.15) is 0 Å². The summed E-state index contributed by atoms with van der Waals surface area (Å²) in [7, 11) is 1.64. The molecule has 0 atom stereocenters. The molecular weight excluding hydrogens is 206 g/mol. The van der Waals surface area contributed by atoms with Crippen molar-refractivity contribution in [3.8, 4) is 11.5 Å². The first kappa shape index (κ1) is 12.8. The molecule has 16 heavy (non-hydrogen) atoms. The summed E-state index contributed by atoms with van der Waals surface area (Å²) >= 11 is 0. The summed E-state index contributed by atoms with van der Waals surface area (Å²) in [5.74, 6) is 1.55.